The van der Waals surface area contributed by atoms with Crippen LogP contribution in [0.2, 0.25) is 0 Å². The minimum Gasteiger partial charge on any atom is -0.492 e. The van der Waals surface area contributed by atoms with Gasteiger partial charge in [0.25, 0.3) is 0 Å². The van der Waals surface area contributed by atoms with Gasteiger partial charge in [-0.2, -0.15) is 0 Å². The first-order valence-corrected chi connectivity index (χ1v) is 32.5. The molecular weight excluding hydrogens is 1090 g/mol. The summed E-state index contributed by atoms with van der Waals surface area (Å²) in [6, 6.07) is 0.248. The topological polar surface area (TPSA) is 228 Å². The third-order valence-corrected chi connectivity index (χ3v) is 16.0. The fourth-order valence-corrected chi connectivity index (χ4v) is 10.9. The lowest BCUT2D eigenvalue weighted by molar-refractivity contribution is -0.121. The van der Waals surface area contributed by atoms with Crippen LogP contribution >= 0.6 is 0 Å². The standard InChI is InChI=1S/C39H66N4O7.C29H50N2O5/c1-8-9-10-11-12-13-17-22-30(27-31-28(2)34(47-4)36(49-6)37(50-7)35(31)48-5)38(45)41-26-21-15-14-20-25-40-33(44)24-19-16-18-23-32-29(3)42-39(46)43-32;1-7-8-9-10-11-12-15-18-23(29(32)31-20-17-14-13-16-19-30)21-24-22(2)25(33-3)27(35-5)28(36-6)26(24)34-4/h27,29,32H,8-26H2,1-7H3,(H,40,44)(H,41,45)(H2,42,43,46);21H,7-20,30H2,1-6H3,(H,31,32)/b30-27+;23-21+/t29-,32?;/m0./s1. The number of benzene rings is 2. The Labute approximate surface area is 518 Å². The van der Waals surface area contributed by atoms with Crippen molar-refractivity contribution in [1.29, 1.82) is 0 Å². The molecule has 5 amide bonds. The third kappa shape index (κ3) is 26.9. The van der Waals surface area contributed by atoms with Gasteiger partial charge in [-0.3, -0.25) is 14.4 Å². The molecule has 2 aromatic carbocycles. The van der Waals surface area contributed by atoms with Crippen LogP contribution in [-0.2, 0) is 14.4 Å². The van der Waals surface area contributed by atoms with Crippen LogP contribution in [0.15, 0.2) is 11.1 Å². The summed E-state index contributed by atoms with van der Waals surface area (Å²) in [6.45, 7) is 13.0. The van der Waals surface area contributed by atoms with E-state index in [4.69, 9.17) is 43.6 Å². The molecule has 3 rings (SSSR count). The van der Waals surface area contributed by atoms with E-state index in [0.29, 0.717) is 97.0 Å². The van der Waals surface area contributed by atoms with Gasteiger partial charge in [0.05, 0.1) is 62.9 Å². The van der Waals surface area contributed by atoms with Crippen molar-refractivity contribution in [2.45, 2.75) is 233 Å². The van der Waals surface area contributed by atoms with Crippen LogP contribution in [0, 0.1) is 13.8 Å². The molecular formula is C68H116N6O12. The van der Waals surface area contributed by atoms with Crippen molar-refractivity contribution in [1.82, 2.24) is 26.6 Å². The molecule has 7 N–H and O–H groups in total. The van der Waals surface area contributed by atoms with Crippen LogP contribution in [0.25, 0.3) is 12.2 Å². The molecule has 0 bridgehead atoms. The summed E-state index contributed by atoms with van der Waals surface area (Å²) in [5.41, 5.74) is 10.2. The maximum Gasteiger partial charge on any atom is 0.315 e. The maximum absolute atomic E-state index is 13.6. The van der Waals surface area contributed by atoms with Crippen LogP contribution < -0.4 is 70.2 Å². The van der Waals surface area contributed by atoms with E-state index in [9.17, 15) is 19.2 Å². The van der Waals surface area contributed by atoms with Crippen LogP contribution in [0.5, 0.6) is 46.0 Å². The lowest BCUT2D eigenvalue weighted by Gasteiger charge is -2.21. The molecule has 1 unspecified atom stereocenters. The largest absolute Gasteiger partial charge is 0.492 e. The van der Waals surface area contributed by atoms with Crippen molar-refractivity contribution in [3.8, 4) is 46.0 Å². The number of hydrogen-bond donors (Lipinski definition) is 6. The second-order valence-electron chi connectivity index (χ2n) is 22.5. The van der Waals surface area contributed by atoms with E-state index in [2.05, 4.69) is 40.4 Å². The number of carbonyl (C=O) groups is 4. The molecule has 1 saturated heterocycles. The average molecular weight is 1210 g/mol. The molecule has 0 saturated carbocycles. The molecule has 0 radical (unpaired) electrons. The van der Waals surface area contributed by atoms with Gasteiger partial charge in [0.2, 0.25) is 40.7 Å². The zero-order valence-electron chi connectivity index (χ0n) is 55.6. The van der Waals surface area contributed by atoms with Gasteiger partial charge in [-0.25, -0.2) is 4.79 Å². The first-order chi connectivity index (χ1) is 41.7. The zero-order valence-corrected chi connectivity index (χ0v) is 55.6. The van der Waals surface area contributed by atoms with Gasteiger partial charge in [0.1, 0.15) is 0 Å². The highest BCUT2D eigenvalue weighted by atomic mass is 16.6. The number of ether oxygens (including phenoxy) is 8. The monoisotopic (exact) mass is 1210 g/mol. The SMILES string of the molecule is CCCCCCCCC/C(=C\c1c(C)c(OC)c(OC)c(OC)c1OC)C(=O)NCCCCCCN.CCCCCCCCC/C(=C\c1c(C)c(OC)c(OC)c(OC)c1OC)C(=O)NCCCCCCNC(=O)CCCCCC1NC(=O)N[C@H]1C. The number of urea groups is 1. The normalized spacial score (nSPS) is 13.9. The highest BCUT2D eigenvalue weighted by Crippen LogP contribution is 2.51. The Morgan fingerprint density at radius 1 is 0.430 bits per heavy atom. The summed E-state index contributed by atoms with van der Waals surface area (Å²) in [5, 5.41) is 15.1. The van der Waals surface area contributed by atoms with Crippen LogP contribution in [0.1, 0.15) is 229 Å². The molecule has 2 aromatic rings. The van der Waals surface area contributed by atoms with Gasteiger partial charge in [-0.05, 0) is 104 Å². The average Bonchev–Trinajstić information content (AvgIpc) is 1.17. The van der Waals surface area contributed by atoms with Crippen molar-refractivity contribution in [2.75, 3.05) is 83.1 Å². The summed E-state index contributed by atoms with van der Waals surface area (Å²) in [4.78, 5) is 50.4. The van der Waals surface area contributed by atoms with Crippen LogP contribution in [0.3, 0.4) is 0 Å². The molecule has 1 aliphatic rings. The lowest BCUT2D eigenvalue weighted by atomic mass is 9.98. The van der Waals surface area contributed by atoms with Gasteiger partial charge in [-0.1, -0.05) is 129 Å². The molecule has 2 atom stereocenters. The van der Waals surface area contributed by atoms with E-state index in [1.165, 1.54) is 64.2 Å². The number of nitrogens with two attached hydrogens (primary N) is 1. The minimum atomic E-state index is -0.0902. The van der Waals surface area contributed by atoms with E-state index < -0.39 is 0 Å². The first kappa shape index (κ1) is 76.1. The Morgan fingerprint density at radius 3 is 1.14 bits per heavy atom. The Balaban J connectivity index is 0.000000620. The highest BCUT2D eigenvalue weighted by Gasteiger charge is 2.29. The van der Waals surface area contributed by atoms with Crippen molar-refractivity contribution in [3.63, 3.8) is 0 Å². The number of unbranched alkanes of at least 4 members (excludes halogenated alkanes) is 20. The summed E-state index contributed by atoms with van der Waals surface area (Å²) in [6.07, 6.45) is 33.9. The number of hydrogen-bond acceptors (Lipinski definition) is 13. The second kappa shape index (κ2) is 46.2. The summed E-state index contributed by atoms with van der Waals surface area (Å²) >= 11 is 0. The van der Waals surface area contributed by atoms with E-state index in [1.54, 1.807) is 56.9 Å². The molecule has 0 aromatic heterocycles. The van der Waals surface area contributed by atoms with Crippen molar-refractivity contribution < 1.29 is 57.1 Å². The van der Waals surface area contributed by atoms with Gasteiger partial charge >= 0.3 is 6.03 Å². The predicted octanol–water partition coefficient (Wildman–Crippen LogP) is 13.6. The van der Waals surface area contributed by atoms with E-state index in [1.807, 2.05) is 32.9 Å². The fraction of sp³-hybridized carbons (Fsp3) is 0.706. The smallest absolute Gasteiger partial charge is 0.315 e. The summed E-state index contributed by atoms with van der Waals surface area (Å²) in [7, 11) is 12.6. The van der Waals surface area contributed by atoms with E-state index in [-0.39, 0.29) is 35.8 Å². The van der Waals surface area contributed by atoms with Gasteiger partial charge < -0.3 is 70.2 Å². The maximum atomic E-state index is 13.6. The third-order valence-electron chi connectivity index (χ3n) is 16.0. The Morgan fingerprint density at radius 2 is 0.767 bits per heavy atom. The molecule has 86 heavy (non-hydrogen) atoms. The Kier molecular flexibility index (Phi) is 40.8. The zero-order chi connectivity index (χ0) is 63.5. The molecule has 18 heteroatoms. The molecule has 0 aliphatic carbocycles. The van der Waals surface area contributed by atoms with E-state index >= 15 is 0 Å². The van der Waals surface area contributed by atoms with Crippen molar-refractivity contribution in [3.05, 3.63) is 33.4 Å². The molecule has 1 aliphatic heterocycles. The molecule has 1 heterocycles. The minimum absolute atomic E-state index is 0.0324. The first-order valence-electron chi connectivity index (χ1n) is 32.5. The highest BCUT2D eigenvalue weighted by molar-refractivity contribution is 5.99. The summed E-state index contributed by atoms with van der Waals surface area (Å²) < 4.78 is 45.3. The predicted molar refractivity (Wildman–Crippen MR) is 349 cm³/mol. The lowest BCUT2D eigenvalue weighted by Crippen LogP contribution is -2.30. The molecule has 18 nitrogen and oxygen atoms in total. The quantitative estimate of drug-likeness (QED) is 0.0268. The van der Waals surface area contributed by atoms with Gasteiger partial charge in [0, 0.05) is 65.5 Å². The van der Waals surface area contributed by atoms with Gasteiger partial charge in [0.15, 0.2) is 23.0 Å². The van der Waals surface area contributed by atoms with E-state index in [0.717, 1.165) is 131 Å². The fourth-order valence-electron chi connectivity index (χ4n) is 10.9. The Hall–Kier alpha value is -6.04. The number of rotatable bonds is 47. The van der Waals surface area contributed by atoms with Crippen molar-refractivity contribution >= 4 is 35.9 Å². The number of amides is 5. The number of nitrogens with one attached hydrogen (secondary N) is 5. The number of carbonyl (C=O) groups excluding carboxylic acids is 4. The molecule has 490 valence electrons. The number of methoxy groups -OCH3 is 8. The second-order valence-corrected chi connectivity index (χ2v) is 22.5. The van der Waals surface area contributed by atoms with Gasteiger partial charge in [-0.15, -0.1) is 0 Å². The van der Waals surface area contributed by atoms with Crippen LogP contribution in [0.4, 0.5) is 4.79 Å². The molecule has 1 fully saturated rings. The Bertz CT molecular complexity index is 2340. The van der Waals surface area contributed by atoms with Crippen LogP contribution in [-0.4, -0.2) is 119 Å². The van der Waals surface area contributed by atoms with Crippen molar-refractivity contribution in [2.24, 2.45) is 5.73 Å². The summed E-state index contributed by atoms with van der Waals surface area (Å²) in [5.74, 6) is 3.94. The molecule has 0 spiro atoms.